The number of likely N-dealkylation sites (N-methyl/N-ethyl adjacent to an activating group) is 1. The monoisotopic (exact) mass is 1070 g/mol. The lowest BCUT2D eigenvalue weighted by atomic mass is 10.0. The number of hydrogen-bond acceptors (Lipinski definition) is 7. The Bertz CT molecular complexity index is 1760. The predicted octanol–water partition coefficient (Wildman–Crippen LogP) is 17.9. The van der Waals surface area contributed by atoms with Crippen molar-refractivity contribution in [2.45, 2.75) is 232 Å². The van der Waals surface area contributed by atoms with Crippen molar-refractivity contribution in [2.75, 3.05) is 40.9 Å². The second kappa shape index (κ2) is 54.5. The third-order valence-corrected chi connectivity index (χ3v) is 13.4. The number of nitrogens with zero attached hydrogens (tertiary/aromatic N) is 1. The van der Waals surface area contributed by atoms with Crippen LogP contribution in [0.2, 0.25) is 0 Å². The molecule has 1 amide bonds. The number of phosphoric ester groups is 1. The molecule has 0 saturated heterocycles. The van der Waals surface area contributed by atoms with Crippen LogP contribution in [0.15, 0.2) is 134 Å². The molecule has 0 heterocycles. The van der Waals surface area contributed by atoms with Crippen LogP contribution in [-0.2, 0) is 27.9 Å². The molecule has 0 aliphatic heterocycles. The highest BCUT2D eigenvalue weighted by Gasteiger charge is 2.27. The Morgan fingerprint density at radius 1 is 0.487 bits per heavy atom. The molecule has 432 valence electrons. The Morgan fingerprint density at radius 2 is 0.895 bits per heavy atom. The maximum atomic E-state index is 13.5. The van der Waals surface area contributed by atoms with Gasteiger partial charge in [0, 0.05) is 12.8 Å². The molecule has 0 fully saturated rings. The topological polar surface area (TPSA) is 114 Å². The maximum Gasteiger partial charge on any atom is 0.306 e. The molecule has 0 spiro atoms. The summed E-state index contributed by atoms with van der Waals surface area (Å²) in [7, 11) is 1.12. The average Bonchev–Trinajstić information content (AvgIpc) is 3.38. The first kappa shape index (κ1) is 72.2. The number of nitrogens with one attached hydrogen (secondary N) is 1. The van der Waals surface area contributed by atoms with E-state index in [9.17, 15) is 19.0 Å². The van der Waals surface area contributed by atoms with Gasteiger partial charge in [-0.1, -0.05) is 245 Å². The van der Waals surface area contributed by atoms with Crippen molar-refractivity contribution in [3.8, 4) is 0 Å². The number of carbonyl (C=O) groups excluding carboxylic acids is 2. The van der Waals surface area contributed by atoms with E-state index in [2.05, 4.69) is 86.8 Å². The minimum atomic E-state index is -4.72. The summed E-state index contributed by atoms with van der Waals surface area (Å²) in [5, 5.41) is 3.00. The van der Waals surface area contributed by atoms with Gasteiger partial charge in [-0.15, -0.1) is 0 Å². The third-order valence-electron chi connectivity index (χ3n) is 12.5. The van der Waals surface area contributed by atoms with Gasteiger partial charge < -0.3 is 28.5 Å². The van der Waals surface area contributed by atoms with Crippen LogP contribution in [0.1, 0.15) is 220 Å². The average molecular weight is 1080 g/mol. The number of allylic oxidation sites excluding steroid dienone is 21. The normalized spacial score (nSPS) is 14.7. The van der Waals surface area contributed by atoms with Crippen LogP contribution < -0.4 is 10.2 Å². The van der Waals surface area contributed by atoms with Gasteiger partial charge in [0.15, 0.2) is 0 Å². The van der Waals surface area contributed by atoms with Crippen molar-refractivity contribution in [3.63, 3.8) is 0 Å². The number of rotatable bonds is 52. The molecule has 0 aliphatic rings. The highest BCUT2D eigenvalue weighted by molar-refractivity contribution is 7.45. The Morgan fingerprint density at radius 3 is 1.42 bits per heavy atom. The predicted molar refractivity (Wildman–Crippen MR) is 325 cm³/mol. The van der Waals surface area contributed by atoms with E-state index in [1.807, 2.05) is 88.0 Å². The van der Waals surface area contributed by atoms with Crippen molar-refractivity contribution in [1.29, 1.82) is 0 Å². The van der Waals surface area contributed by atoms with Crippen LogP contribution >= 0.6 is 7.82 Å². The summed E-state index contributed by atoms with van der Waals surface area (Å²) < 4.78 is 30.2. The Kier molecular flexibility index (Phi) is 51.7. The molecule has 0 radical (unpaired) electrons. The van der Waals surface area contributed by atoms with E-state index in [1.165, 1.54) is 77.0 Å². The van der Waals surface area contributed by atoms with Gasteiger partial charge in [-0.05, 0) is 96.0 Å². The molecule has 9 nitrogen and oxygen atoms in total. The first-order valence-electron chi connectivity index (χ1n) is 30.1. The number of amides is 1. The molecule has 0 rings (SSSR count). The molecule has 0 aromatic rings. The van der Waals surface area contributed by atoms with Crippen LogP contribution in [0.3, 0.4) is 0 Å². The molecule has 3 atom stereocenters. The Hall–Kier alpha value is -3.85. The minimum Gasteiger partial charge on any atom is -0.756 e. The first-order chi connectivity index (χ1) is 36.9. The highest BCUT2D eigenvalue weighted by Crippen LogP contribution is 2.38. The van der Waals surface area contributed by atoms with Gasteiger partial charge in [-0.25, -0.2) is 0 Å². The van der Waals surface area contributed by atoms with Gasteiger partial charge in [0.05, 0.1) is 33.8 Å². The smallest absolute Gasteiger partial charge is 0.306 e. The van der Waals surface area contributed by atoms with Gasteiger partial charge in [0.25, 0.3) is 7.82 Å². The molecule has 0 saturated carbocycles. The number of phosphoric acid groups is 1. The van der Waals surface area contributed by atoms with Gasteiger partial charge in [-0.2, -0.15) is 0 Å². The summed E-state index contributed by atoms with van der Waals surface area (Å²) in [5.41, 5.74) is 0. The van der Waals surface area contributed by atoms with E-state index < -0.39 is 32.5 Å². The van der Waals surface area contributed by atoms with Crippen molar-refractivity contribution in [2.24, 2.45) is 0 Å². The van der Waals surface area contributed by atoms with E-state index in [-0.39, 0.29) is 25.4 Å². The zero-order valence-corrected chi connectivity index (χ0v) is 50.0. The molecule has 3 unspecified atom stereocenters. The summed E-state index contributed by atoms with van der Waals surface area (Å²) in [4.78, 5) is 39.9. The van der Waals surface area contributed by atoms with Crippen LogP contribution in [0.25, 0.3) is 0 Å². The highest BCUT2D eigenvalue weighted by atomic mass is 31.2. The van der Waals surface area contributed by atoms with E-state index in [0.717, 1.165) is 96.3 Å². The second-order valence-corrected chi connectivity index (χ2v) is 22.3. The summed E-state index contributed by atoms with van der Waals surface area (Å²) >= 11 is 0. The number of quaternary nitrogens is 1. The largest absolute Gasteiger partial charge is 0.756 e. The zero-order valence-electron chi connectivity index (χ0n) is 49.2. The molecular weight excluding hydrogens is 964 g/mol. The van der Waals surface area contributed by atoms with Crippen molar-refractivity contribution < 1.29 is 37.3 Å². The number of esters is 1. The van der Waals surface area contributed by atoms with E-state index >= 15 is 0 Å². The molecular formula is C66H111N2O7P. The van der Waals surface area contributed by atoms with Gasteiger partial charge in [-0.3, -0.25) is 14.2 Å². The van der Waals surface area contributed by atoms with Crippen molar-refractivity contribution >= 4 is 19.7 Å². The first-order valence-corrected chi connectivity index (χ1v) is 31.5. The SMILES string of the molecule is CC\C=C/C=C/C=C/C=C\C=C\C=C\CCCCCC(=O)OC(/C=C\CCCCCCCCCCCC)C(COP(=O)([O-])OCC[N+](C)(C)C)NC(=O)CCCCCCC/C=C\C/C=C\C/C=C\C/C=C\CCCCC. The molecule has 0 bridgehead atoms. The maximum absolute atomic E-state index is 13.5. The number of ether oxygens (including phenoxy) is 1. The zero-order chi connectivity index (χ0) is 55.7. The van der Waals surface area contributed by atoms with Gasteiger partial charge >= 0.3 is 5.97 Å². The summed E-state index contributed by atoms with van der Waals surface area (Å²) in [6.45, 7) is 6.59. The summed E-state index contributed by atoms with van der Waals surface area (Å²) in [6.07, 6.45) is 77.0. The van der Waals surface area contributed by atoms with Crippen LogP contribution in [0, 0.1) is 0 Å². The fourth-order valence-corrected chi connectivity index (χ4v) is 8.55. The molecule has 0 aliphatic carbocycles. The minimum absolute atomic E-state index is 0.0420. The quantitative estimate of drug-likeness (QED) is 0.0161. The summed E-state index contributed by atoms with van der Waals surface area (Å²) in [6, 6.07) is -0.927. The van der Waals surface area contributed by atoms with Gasteiger partial charge in [0.1, 0.15) is 19.3 Å². The van der Waals surface area contributed by atoms with E-state index in [1.54, 1.807) is 6.08 Å². The Balaban J connectivity index is 5.42. The number of unbranched alkanes of at least 4 members (excludes halogenated alkanes) is 21. The Labute approximate surface area is 466 Å². The van der Waals surface area contributed by atoms with Gasteiger partial charge in [0.2, 0.25) is 5.91 Å². The lowest BCUT2D eigenvalue weighted by Gasteiger charge is -2.30. The fraction of sp³-hybridized carbons (Fsp3) is 0.636. The van der Waals surface area contributed by atoms with E-state index in [0.29, 0.717) is 23.9 Å². The van der Waals surface area contributed by atoms with Crippen molar-refractivity contribution in [1.82, 2.24) is 5.32 Å². The molecule has 0 aromatic carbocycles. The molecule has 10 heteroatoms. The molecule has 76 heavy (non-hydrogen) atoms. The lowest BCUT2D eigenvalue weighted by molar-refractivity contribution is -0.870. The second-order valence-electron chi connectivity index (χ2n) is 20.9. The van der Waals surface area contributed by atoms with E-state index in [4.69, 9.17) is 13.8 Å². The van der Waals surface area contributed by atoms with Crippen LogP contribution in [0.4, 0.5) is 0 Å². The standard InChI is InChI=1S/C66H111N2O7P/c1-7-10-13-16-19-22-25-28-30-32-33-34-35-37-38-40-43-46-49-52-55-58-65(69)67-63(62-74-76(71,72)73-61-60-68(4,5)6)64(57-54-51-48-45-42-27-24-21-18-15-12-9-3)75-66(70)59-56-53-50-47-44-41-39-36-31-29-26-23-20-17-14-11-8-2/h11,14,17,19-20,22-23,26,28-31,33-34,36-39,41,44,54,57,63-64H,7-10,12-13,15-16,18,21,24-25,27,32,35,40,42-43,45-53,55-56,58-62H2,1-6H3,(H-,67,69,71,72)/b14-11-,20-17+,22-19-,26-23+,30-28-,31-29-,34-33-,38-37-,39-36+,44-41+,57-54-. The lowest BCUT2D eigenvalue weighted by Crippen LogP contribution is -2.47. The molecule has 0 aromatic heterocycles. The number of carbonyl (C=O) groups is 2. The van der Waals surface area contributed by atoms with Crippen molar-refractivity contribution in [3.05, 3.63) is 134 Å². The molecule has 1 N–H and O–H groups in total. The number of hydrogen-bond donors (Lipinski definition) is 1. The van der Waals surface area contributed by atoms with Crippen LogP contribution in [0.5, 0.6) is 0 Å². The fourth-order valence-electron chi connectivity index (χ4n) is 7.83. The third kappa shape index (κ3) is 54.9. The van der Waals surface area contributed by atoms with Crippen LogP contribution in [-0.4, -0.2) is 69.4 Å². The summed E-state index contributed by atoms with van der Waals surface area (Å²) in [5.74, 6) is -0.625.